The molecule has 0 saturated carbocycles. The summed E-state index contributed by atoms with van der Waals surface area (Å²) in [6, 6.07) is 9.61. The molecular formula is C16H12N2O2. The Kier molecular flexibility index (Phi) is 2.88. The molecule has 20 heavy (non-hydrogen) atoms. The van der Waals surface area contributed by atoms with Gasteiger partial charge in [-0.1, -0.05) is 12.1 Å². The van der Waals surface area contributed by atoms with Gasteiger partial charge in [0.1, 0.15) is 28.7 Å². The fraction of sp³-hybridized carbons (Fsp3) is 0.125. The van der Waals surface area contributed by atoms with Crippen molar-refractivity contribution in [2.45, 2.75) is 13.8 Å². The number of allylic oxidation sites excluding steroid dienone is 6. The molecule has 0 spiro atoms. The number of hydrogen-bond acceptors (Lipinski definition) is 4. The molecule has 0 atom stereocenters. The summed E-state index contributed by atoms with van der Waals surface area (Å²) < 4.78 is 11.1. The second kappa shape index (κ2) is 4.71. The van der Waals surface area contributed by atoms with E-state index >= 15 is 0 Å². The number of oxazole rings is 1. The highest BCUT2D eigenvalue weighted by molar-refractivity contribution is 5.83. The van der Waals surface area contributed by atoms with E-state index in [1.807, 2.05) is 38.1 Å². The molecule has 2 aromatic rings. The molecule has 0 bridgehead atoms. The van der Waals surface area contributed by atoms with E-state index in [9.17, 15) is 5.26 Å². The van der Waals surface area contributed by atoms with Gasteiger partial charge in [0.25, 0.3) is 0 Å². The smallest absolute Gasteiger partial charge is 0.238 e. The predicted molar refractivity (Wildman–Crippen MR) is 75.1 cm³/mol. The van der Waals surface area contributed by atoms with Gasteiger partial charge in [0.2, 0.25) is 5.89 Å². The highest BCUT2D eigenvalue weighted by Gasteiger charge is 2.16. The van der Waals surface area contributed by atoms with E-state index in [2.05, 4.69) is 11.1 Å². The van der Waals surface area contributed by atoms with Crippen LogP contribution in [-0.2, 0) is 4.74 Å². The largest absolute Gasteiger partial charge is 0.467 e. The van der Waals surface area contributed by atoms with Gasteiger partial charge in [0.15, 0.2) is 5.58 Å². The molecule has 0 N–H and O–H groups in total. The number of rotatable bonds is 1. The van der Waals surface area contributed by atoms with Gasteiger partial charge in [0.05, 0.1) is 0 Å². The van der Waals surface area contributed by atoms with E-state index in [0.717, 1.165) is 22.6 Å². The van der Waals surface area contributed by atoms with Crippen LogP contribution in [0.25, 0.3) is 16.7 Å². The molecule has 0 unspecified atom stereocenters. The Morgan fingerprint density at radius 1 is 1.15 bits per heavy atom. The van der Waals surface area contributed by atoms with Gasteiger partial charge in [-0.25, -0.2) is 4.98 Å². The van der Waals surface area contributed by atoms with Crippen molar-refractivity contribution in [1.82, 2.24) is 4.98 Å². The van der Waals surface area contributed by atoms with Crippen molar-refractivity contribution in [3.8, 4) is 6.07 Å². The molecule has 0 saturated heterocycles. The first kappa shape index (κ1) is 12.2. The third kappa shape index (κ3) is 2.10. The minimum Gasteiger partial charge on any atom is -0.467 e. The molecule has 0 radical (unpaired) electrons. The maximum Gasteiger partial charge on any atom is 0.238 e. The molecule has 2 heterocycles. The molecule has 3 rings (SSSR count). The van der Waals surface area contributed by atoms with Crippen LogP contribution in [0.15, 0.2) is 57.9 Å². The lowest BCUT2D eigenvalue weighted by Crippen LogP contribution is -1.97. The van der Waals surface area contributed by atoms with Crippen LogP contribution < -0.4 is 0 Å². The van der Waals surface area contributed by atoms with Gasteiger partial charge < -0.3 is 9.15 Å². The third-order valence-corrected chi connectivity index (χ3v) is 2.95. The van der Waals surface area contributed by atoms with E-state index in [0.29, 0.717) is 17.0 Å². The number of nitriles is 1. The summed E-state index contributed by atoms with van der Waals surface area (Å²) in [7, 11) is 0. The van der Waals surface area contributed by atoms with Gasteiger partial charge in [-0.2, -0.15) is 5.26 Å². The number of aromatic nitrogens is 1. The van der Waals surface area contributed by atoms with Crippen molar-refractivity contribution < 1.29 is 9.15 Å². The summed E-state index contributed by atoms with van der Waals surface area (Å²) in [4.78, 5) is 4.36. The standard InChI is InChI=1S/C16H12N2O2/c1-10-7-12(8-11(2)19-10)13(9-17)16-18-14-5-3-4-6-15(14)20-16/h3-8H,1-2H3. The molecule has 0 aliphatic carbocycles. The normalized spacial score (nSPS) is 14.3. The van der Waals surface area contributed by atoms with Gasteiger partial charge >= 0.3 is 0 Å². The highest BCUT2D eigenvalue weighted by atomic mass is 16.5. The van der Waals surface area contributed by atoms with Crippen LogP contribution in [0.5, 0.6) is 0 Å². The SMILES string of the molecule is CC1=CC(=C(C#N)c2nc3ccccc3o2)C=C(C)O1. The second-order valence-corrected chi connectivity index (χ2v) is 4.54. The van der Waals surface area contributed by atoms with Crippen molar-refractivity contribution in [3.05, 3.63) is 59.4 Å². The molecular weight excluding hydrogens is 252 g/mol. The molecule has 4 nitrogen and oxygen atoms in total. The number of benzene rings is 1. The van der Waals surface area contributed by atoms with Crippen molar-refractivity contribution in [1.29, 1.82) is 5.26 Å². The number of fused-ring (bicyclic) bond motifs is 1. The molecule has 0 fully saturated rings. The van der Waals surface area contributed by atoms with E-state index in [4.69, 9.17) is 9.15 Å². The summed E-state index contributed by atoms with van der Waals surface area (Å²) in [5.41, 5.74) is 2.57. The summed E-state index contributed by atoms with van der Waals surface area (Å²) in [6.45, 7) is 3.69. The highest BCUT2D eigenvalue weighted by Crippen LogP contribution is 2.27. The first-order valence-corrected chi connectivity index (χ1v) is 6.22. The van der Waals surface area contributed by atoms with E-state index in [1.54, 1.807) is 12.2 Å². The first-order chi connectivity index (χ1) is 9.67. The minimum absolute atomic E-state index is 0.332. The molecule has 1 aliphatic heterocycles. The Morgan fingerprint density at radius 3 is 2.50 bits per heavy atom. The van der Waals surface area contributed by atoms with Crippen molar-refractivity contribution >= 4 is 16.7 Å². The van der Waals surface area contributed by atoms with Gasteiger partial charge in [-0.15, -0.1) is 0 Å². The van der Waals surface area contributed by atoms with Crippen molar-refractivity contribution in [3.63, 3.8) is 0 Å². The van der Waals surface area contributed by atoms with E-state index < -0.39 is 0 Å². The third-order valence-electron chi connectivity index (χ3n) is 2.95. The van der Waals surface area contributed by atoms with Crippen LogP contribution in [-0.4, -0.2) is 4.98 Å². The number of nitrogens with zero attached hydrogens (tertiary/aromatic N) is 2. The second-order valence-electron chi connectivity index (χ2n) is 4.54. The maximum atomic E-state index is 9.42. The summed E-state index contributed by atoms with van der Waals surface area (Å²) in [6.07, 6.45) is 3.61. The first-order valence-electron chi connectivity index (χ1n) is 6.22. The van der Waals surface area contributed by atoms with Crippen molar-refractivity contribution in [2.75, 3.05) is 0 Å². The lowest BCUT2D eigenvalue weighted by Gasteiger charge is -2.12. The number of ether oxygens (including phenoxy) is 1. The Morgan fingerprint density at radius 2 is 1.85 bits per heavy atom. The summed E-state index contributed by atoms with van der Waals surface area (Å²) in [5.74, 6) is 1.81. The number of para-hydroxylation sites is 2. The minimum atomic E-state index is 0.332. The van der Waals surface area contributed by atoms with Crippen LogP contribution in [0.2, 0.25) is 0 Å². The van der Waals surface area contributed by atoms with Crippen LogP contribution in [0.3, 0.4) is 0 Å². The van der Waals surface area contributed by atoms with Crippen LogP contribution >= 0.6 is 0 Å². The van der Waals surface area contributed by atoms with Crippen LogP contribution in [0.4, 0.5) is 0 Å². The fourth-order valence-electron chi connectivity index (χ4n) is 2.15. The molecule has 1 aromatic carbocycles. The maximum absolute atomic E-state index is 9.42. The Labute approximate surface area is 116 Å². The quantitative estimate of drug-likeness (QED) is 0.732. The zero-order chi connectivity index (χ0) is 14.1. The molecule has 1 aliphatic rings. The van der Waals surface area contributed by atoms with Crippen molar-refractivity contribution in [2.24, 2.45) is 0 Å². The monoisotopic (exact) mass is 264 g/mol. The average Bonchev–Trinajstić information content (AvgIpc) is 2.81. The molecule has 98 valence electrons. The lowest BCUT2D eigenvalue weighted by molar-refractivity contribution is 0.304. The summed E-state index contributed by atoms with van der Waals surface area (Å²) in [5, 5.41) is 9.42. The molecule has 1 aromatic heterocycles. The fourth-order valence-corrected chi connectivity index (χ4v) is 2.15. The van der Waals surface area contributed by atoms with Gasteiger partial charge in [-0.05, 0) is 38.1 Å². The Hall–Kier alpha value is -2.80. The van der Waals surface area contributed by atoms with Gasteiger partial charge in [-0.3, -0.25) is 0 Å². The zero-order valence-corrected chi connectivity index (χ0v) is 11.2. The lowest BCUT2D eigenvalue weighted by atomic mass is 10.1. The van der Waals surface area contributed by atoms with Gasteiger partial charge in [0, 0.05) is 5.57 Å². The van der Waals surface area contributed by atoms with Crippen LogP contribution in [0, 0.1) is 11.3 Å². The average molecular weight is 264 g/mol. The molecule has 0 amide bonds. The summed E-state index contributed by atoms with van der Waals surface area (Å²) >= 11 is 0. The van der Waals surface area contributed by atoms with Crippen LogP contribution in [0.1, 0.15) is 19.7 Å². The Balaban J connectivity index is 2.19. The Bertz CT molecular complexity index is 763. The number of hydrogen-bond donors (Lipinski definition) is 0. The van der Waals surface area contributed by atoms with E-state index in [-0.39, 0.29) is 0 Å². The molecule has 4 heteroatoms. The zero-order valence-electron chi connectivity index (χ0n) is 11.2. The topological polar surface area (TPSA) is 59.0 Å². The predicted octanol–water partition coefficient (Wildman–Crippen LogP) is 3.94. The van der Waals surface area contributed by atoms with E-state index in [1.165, 1.54) is 0 Å².